The minimum Gasteiger partial charge on any atom is -0.479 e. The van der Waals surface area contributed by atoms with Gasteiger partial charge in [0.15, 0.2) is 17.9 Å². The standard InChI is InChI=1S/C26H28F2N4O5/c1-34-25-21(27)20(22(28)26(31-25)35-2)23(33)18-13-30-24-17(18)11-16(12-29-24)15-6-7-32(14-15)8-10-37-19-5-3-4-9-36-19/h6-7,11-14,19,23,33H,3-5,8-10H2,1-2H3,(H,29,30). The first-order valence-corrected chi connectivity index (χ1v) is 12.0. The Bertz CT molecular complexity index is 1350. The highest BCUT2D eigenvalue weighted by molar-refractivity contribution is 5.85. The quantitative estimate of drug-likeness (QED) is 0.342. The minimum absolute atomic E-state index is 0.135. The van der Waals surface area contributed by atoms with Crippen molar-refractivity contribution in [1.82, 2.24) is 19.5 Å². The zero-order valence-corrected chi connectivity index (χ0v) is 20.5. The van der Waals surface area contributed by atoms with Crippen LogP contribution in [0.1, 0.15) is 36.5 Å². The van der Waals surface area contributed by atoms with Crippen LogP contribution in [0.25, 0.3) is 22.2 Å². The number of aromatic nitrogens is 4. The third-order valence-corrected chi connectivity index (χ3v) is 6.44. The number of nitrogens with one attached hydrogen (secondary N) is 1. The molecule has 4 aromatic heterocycles. The summed E-state index contributed by atoms with van der Waals surface area (Å²) in [4.78, 5) is 11.0. The molecular formula is C26H28F2N4O5. The minimum atomic E-state index is -1.67. The molecule has 0 bridgehead atoms. The van der Waals surface area contributed by atoms with Crippen LogP contribution in [-0.4, -0.2) is 58.3 Å². The molecule has 2 atom stereocenters. The number of hydrogen-bond acceptors (Lipinski definition) is 7. The highest BCUT2D eigenvalue weighted by Gasteiger charge is 2.29. The molecule has 4 aromatic rings. The van der Waals surface area contributed by atoms with E-state index in [4.69, 9.17) is 18.9 Å². The molecule has 196 valence electrons. The van der Waals surface area contributed by atoms with E-state index in [-0.39, 0.29) is 11.9 Å². The number of hydrogen-bond donors (Lipinski definition) is 2. The van der Waals surface area contributed by atoms with Crippen molar-refractivity contribution in [3.8, 4) is 22.9 Å². The molecular weight excluding hydrogens is 486 g/mol. The summed E-state index contributed by atoms with van der Waals surface area (Å²) in [6.07, 6.45) is 8.39. The van der Waals surface area contributed by atoms with Crippen molar-refractivity contribution < 1.29 is 32.8 Å². The van der Waals surface area contributed by atoms with Crippen molar-refractivity contribution in [2.45, 2.75) is 38.2 Å². The van der Waals surface area contributed by atoms with Gasteiger partial charge in [-0.2, -0.15) is 4.98 Å². The first kappa shape index (κ1) is 25.1. The molecule has 2 N–H and O–H groups in total. The predicted octanol–water partition coefficient (Wildman–Crippen LogP) is 4.35. The van der Waals surface area contributed by atoms with E-state index in [0.29, 0.717) is 24.2 Å². The lowest BCUT2D eigenvalue weighted by atomic mass is 10.00. The van der Waals surface area contributed by atoms with Crippen molar-refractivity contribution in [3.05, 3.63) is 59.7 Å². The highest BCUT2D eigenvalue weighted by Crippen LogP contribution is 2.37. The number of pyridine rings is 2. The third-order valence-electron chi connectivity index (χ3n) is 6.44. The Hall–Kier alpha value is -3.54. The number of aromatic amines is 1. The molecule has 0 aliphatic carbocycles. The molecule has 0 aromatic carbocycles. The molecule has 0 radical (unpaired) electrons. The molecule has 2 unspecified atom stereocenters. The van der Waals surface area contributed by atoms with Crippen LogP contribution in [0, 0.1) is 11.6 Å². The van der Waals surface area contributed by atoms with Gasteiger partial charge in [0.05, 0.1) is 26.4 Å². The zero-order chi connectivity index (χ0) is 25.9. The Labute approximate surface area is 212 Å². The fourth-order valence-corrected chi connectivity index (χ4v) is 4.47. The molecule has 1 saturated heterocycles. The topological polar surface area (TPSA) is 104 Å². The van der Waals surface area contributed by atoms with E-state index in [1.165, 1.54) is 20.4 Å². The van der Waals surface area contributed by atoms with Gasteiger partial charge in [-0.05, 0) is 31.4 Å². The smallest absolute Gasteiger partial charge is 0.254 e. The molecule has 9 nitrogen and oxygen atoms in total. The average Bonchev–Trinajstić information content (AvgIpc) is 3.56. The van der Waals surface area contributed by atoms with Crippen LogP contribution in [-0.2, 0) is 16.0 Å². The van der Waals surface area contributed by atoms with Crippen molar-refractivity contribution in [3.63, 3.8) is 0 Å². The summed E-state index contributed by atoms with van der Waals surface area (Å²) in [6, 6.07) is 3.76. The number of methoxy groups -OCH3 is 2. The summed E-state index contributed by atoms with van der Waals surface area (Å²) in [6.45, 7) is 1.93. The molecule has 0 amide bonds. The monoisotopic (exact) mass is 514 g/mol. The van der Waals surface area contributed by atoms with E-state index < -0.39 is 35.1 Å². The van der Waals surface area contributed by atoms with E-state index >= 15 is 0 Å². The van der Waals surface area contributed by atoms with Crippen LogP contribution in [0.3, 0.4) is 0 Å². The van der Waals surface area contributed by atoms with E-state index in [1.54, 1.807) is 6.20 Å². The summed E-state index contributed by atoms with van der Waals surface area (Å²) in [5, 5.41) is 11.6. The number of ether oxygens (including phenoxy) is 4. The van der Waals surface area contributed by atoms with Crippen LogP contribution in [0.15, 0.2) is 36.9 Å². The lowest BCUT2D eigenvalue weighted by molar-refractivity contribution is -0.163. The Kier molecular flexibility index (Phi) is 7.36. The van der Waals surface area contributed by atoms with Crippen molar-refractivity contribution in [2.24, 2.45) is 0 Å². The molecule has 5 heterocycles. The molecule has 1 aliphatic heterocycles. The van der Waals surface area contributed by atoms with Crippen molar-refractivity contribution in [2.75, 3.05) is 27.4 Å². The third kappa shape index (κ3) is 5.02. The molecule has 0 saturated carbocycles. The van der Waals surface area contributed by atoms with Gasteiger partial charge in [-0.3, -0.25) is 0 Å². The van der Waals surface area contributed by atoms with E-state index in [9.17, 15) is 13.9 Å². The molecule has 5 rings (SSSR count). The van der Waals surface area contributed by atoms with Gasteiger partial charge in [0.2, 0.25) is 0 Å². The first-order valence-electron chi connectivity index (χ1n) is 12.0. The van der Waals surface area contributed by atoms with Gasteiger partial charge in [-0.15, -0.1) is 0 Å². The lowest BCUT2D eigenvalue weighted by Crippen LogP contribution is -2.23. The number of halogens is 2. The van der Waals surface area contributed by atoms with Crippen LogP contribution in [0.5, 0.6) is 11.8 Å². The number of nitrogens with zero attached hydrogens (tertiary/aromatic N) is 3. The number of rotatable bonds is 9. The van der Waals surface area contributed by atoms with Gasteiger partial charge in [-0.1, -0.05) is 0 Å². The summed E-state index contributed by atoms with van der Waals surface area (Å²) in [7, 11) is 2.39. The maximum Gasteiger partial charge on any atom is 0.254 e. The highest BCUT2D eigenvalue weighted by atomic mass is 19.1. The number of fused-ring (bicyclic) bond motifs is 1. The van der Waals surface area contributed by atoms with Gasteiger partial charge in [0.1, 0.15) is 11.8 Å². The fraction of sp³-hybridized carbons (Fsp3) is 0.385. The number of H-pyrrole nitrogens is 1. The largest absolute Gasteiger partial charge is 0.479 e. The van der Waals surface area contributed by atoms with Crippen LogP contribution >= 0.6 is 0 Å². The second-order valence-corrected chi connectivity index (χ2v) is 8.74. The summed E-state index contributed by atoms with van der Waals surface area (Å²) in [5.74, 6) is -3.17. The van der Waals surface area contributed by atoms with Gasteiger partial charge in [0.25, 0.3) is 11.8 Å². The maximum absolute atomic E-state index is 15.0. The van der Waals surface area contributed by atoms with Crippen molar-refractivity contribution >= 4 is 11.0 Å². The molecule has 1 fully saturated rings. The summed E-state index contributed by atoms with van der Waals surface area (Å²) in [5.41, 5.74) is 1.77. The van der Waals surface area contributed by atoms with Gasteiger partial charge in [0, 0.05) is 60.0 Å². The summed E-state index contributed by atoms with van der Waals surface area (Å²) >= 11 is 0. The Morgan fingerprint density at radius 2 is 1.97 bits per heavy atom. The Morgan fingerprint density at radius 1 is 1.19 bits per heavy atom. The second-order valence-electron chi connectivity index (χ2n) is 8.74. The SMILES string of the molecule is COc1nc(OC)c(F)c(C(O)c2c[nH]c3ncc(-c4ccn(CCOC5CCCCO5)c4)cc23)c1F. The van der Waals surface area contributed by atoms with E-state index in [2.05, 4.69) is 15.0 Å². The average molecular weight is 515 g/mol. The molecule has 11 heteroatoms. The van der Waals surface area contributed by atoms with Crippen LogP contribution < -0.4 is 9.47 Å². The maximum atomic E-state index is 15.0. The number of aliphatic hydroxyl groups is 1. The van der Waals surface area contributed by atoms with Gasteiger partial charge in [-0.25, -0.2) is 13.8 Å². The predicted molar refractivity (Wildman–Crippen MR) is 130 cm³/mol. The molecule has 37 heavy (non-hydrogen) atoms. The number of aliphatic hydroxyl groups excluding tert-OH is 1. The Balaban J connectivity index is 1.39. The molecule has 1 aliphatic rings. The first-order chi connectivity index (χ1) is 18.0. The van der Waals surface area contributed by atoms with Gasteiger partial charge < -0.3 is 33.6 Å². The second kappa shape index (κ2) is 10.8. The zero-order valence-electron chi connectivity index (χ0n) is 20.5. The molecule has 0 spiro atoms. The normalized spacial score (nSPS) is 16.7. The fourth-order valence-electron chi connectivity index (χ4n) is 4.47. The van der Waals surface area contributed by atoms with Crippen LogP contribution in [0.2, 0.25) is 0 Å². The van der Waals surface area contributed by atoms with E-state index in [0.717, 1.165) is 37.0 Å². The van der Waals surface area contributed by atoms with E-state index in [1.807, 2.05) is 29.1 Å². The van der Waals surface area contributed by atoms with Crippen molar-refractivity contribution in [1.29, 1.82) is 0 Å². The van der Waals surface area contributed by atoms with Gasteiger partial charge >= 0.3 is 0 Å². The Morgan fingerprint density at radius 3 is 2.68 bits per heavy atom. The summed E-state index contributed by atoms with van der Waals surface area (Å²) < 4.78 is 53.2. The lowest BCUT2D eigenvalue weighted by Gasteiger charge is -2.22. The van der Waals surface area contributed by atoms with Crippen LogP contribution in [0.4, 0.5) is 8.78 Å².